The standard InChI is InChI=1S/C10H10BrNO3/c1-6(11)9(13)12-8-5-3-2-4-7(8)10(14)15/h2-6H,1H3,(H,12,13)(H,14,15)/t6-/m0/s1. The molecular weight excluding hydrogens is 262 g/mol. The van der Waals surface area contributed by atoms with Crippen LogP contribution in [0.3, 0.4) is 0 Å². The molecule has 1 amide bonds. The lowest BCUT2D eigenvalue weighted by Crippen LogP contribution is -2.21. The number of halogens is 1. The molecule has 0 spiro atoms. The van der Waals surface area contributed by atoms with Gasteiger partial charge in [-0.2, -0.15) is 0 Å². The van der Waals surface area contributed by atoms with Gasteiger partial charge in [0.25, 0.3) is 0 Å². The molecule has 0 aliphatic rings. The Balaban J connectivity index is 2.94. The first kappa shape index (κ1) is 11.7. The van der Waals surface area contributed by atoms with Crippen molar-refractivity contribution >= 4 is 33.5 Å². The second-order valence-corrected chi connectivity index (χ2v) is 4.33. The van der Waals surface area contributed by atoms with E-state index < -0.39 is 5.97 Å². The van der Waals surface area contributed by atoms with Gasteiger partial charge in [-0.15, -0.1) is 0 Å². The summed E-state index contributed by atoms with van der Waals surface area (Å²) < 4.78 is 0. The minimum atomic E-state index is -1.06. The number of para-hydroxylation sites is 1. The van der Waals surface area contributed by atoms with Gasteiger partial charge in [-0.3, -0.25) is 4.79 Å². The molecule has 0 aliphatic carbocycles. The van der Waals surface area contributed by atoms with Crippen LogP contribution in [0.2, 0.25) is 0 Å². The molecule has 1 aromatic rings. The fraction of sp³-hybridized carbons (Fsp3) is 0.200. The van der Waals surface area contributed by atoms with Gasteiger partial charge in [-0.25, -0.2) is 4.79 Å². The zero-order chi connectivity index (χ0) is 11.4. The molecule has 4 nitrogen and oxygen atoms in total. The number of carboxylic acid groups (broad SMARTS) is 1. The summed E-state index contributed by atoms with van der Waals surface area (Å²) in [6, 6.07) is 6.27. The number of amides is 1. The minimum Gasteiger partial charge on any atom is -0.478 e. The van der Waals surface area contributed by atoms with Crippen LogP contribution in [0.5, 0.6) is 0 Å². The molecule has 1 atom stereocenters. The molecular formula is C10H10BrNO3. The molecule has 0 heterocycles. The van der Waals surface area contributed by atoms with E-state index >= 15 is 0 Å². The first-order chi connectivity index (χ1) is 7.02. The number of carbonyl (C=O) groups excluding carboxylic acids is 1. The molecule has 1 rings (SSSR count). The maximum atomic E-state index is 11.3. The van der Waals surface area contributed by atoms with E-state index in [0.29, 0.717) is 5.69 Å². The Morgan fingerprint density at radius 2 is 2.00 bits per heavy atom. The molecule has 0 unspecified atom stereocenters. The molecule has 0 saturated heterocycles. The van der Waals surface area contributed by atoms with Gasteiger partial charge in [0.15, 0.2) is 0 Å². The second kappa shape index (κ2) is 4.93. The highest BCUT2D eigenvalue weighted by Crippen LogP contribution is 2.15. The molecule has 1 aromatic carbocycles. The van der Waals surface area contributed by atoms with Crippen LogP contribution in [0.4, 0.5) is 5.69 Å². The van der Waals surface area contributed by atoms with Crippen molar-refractivity contribution in [3.05, 3.63) is 29.8 Å². The Morgan fingerprint density at radius 1 is 1.40 bits per heavy atom. The quantitative estimate of drug-likeness (QED) is 0.828. The lowest BCUT2D eigenvalue weighted by molar-refractivity contribution is -0.115. The van der Waals surface area contributed by atoms with Crippen molar-refractivity contribution in [1.82, 2.24) is 0 Å². The largest absolute Gasteiger partial charge is 0.478 e. The maximum Gasteiger partial charge on any atom is 0.337 e. The van der Waals surface area contributed by atoms with Crippen LogP contribution in [-0.4, -0.2) is 21.8 Å². The van der Waals surface area contributed by atoms with Gasteiger partial charge in [0, 0.05) is 0 Å². The van der Waals surface area contributed by atoms with E-state index in [1.807, 2.05) is 0 Å². The summed E-state index contributed by atoms with van der Waals surface area (Å²) >= 11 is 3.10. The lowest BCUT2D eigenvalue weighted by Gasteiger charge is -2.08. The van der Waals surface area contributed by atoms with E-state index in [0.717, 1.165) is 0 Å². The van der Waals surface area contributed by atoms with Gasteiger partial charge in [0.1, 0.15) is 0 Å². The number of carbonyl (C=O) groups is 2. The summed E-state index contributed by atoms with van der Waals surface area (Å²) in [4.78, 5) is 21.8. The normalized spacial score (nSPS) is 11.9. The highest BCUT2D eigenvalue weighted by atomic mass is 79.9. The molecule has 5 heteroatoms. The number of hydrogen-bond donors (Lipinski definition) is 2. The SMILES string of the molecule is C[C@H](Br)C(=O)Nc1ccccc1C(=O)O. The Labute approximate surface area is 95.4 Å². The van der Waals surface area contributed by atoms with Gasteiger partial charge in [-0.05, 0) is 19.1 Å². The van der Waals surface area contributed by atoms with Crippen molar-refractivity contribution in [1.29, 1.82) is 0 Å². The summed E-state index contributed by atoms with van der Waals surface area (Å²) in [6.07, 6.45) is 0. The van der Waals surface area contributed by atoms with Gasteiger partial charge in [0.05, 0.1) is 16.1 Å². The summed E-state index contributed by atoms with van der Waals surface area (Å²) in [5, 5.41) is 11.4. The number of benzene rings is 1. The van der Waals surface area contributed by atoms with Crippen LogP contribution >= 0.6 is 15.9 Å². The van der Waals surface area contributed by atoms with E-state index in [4.69, 9.17) is 5.11 Å². The Bertz CT molecular complexity index is 390. The first-order valence-electron chi connectivity index (χ1n) is 4.29. The topological polar surface area (TPSA) is 66.4 Å². The molecule has 80 valence electrons. The summed E-state index contributed by atoms with van der Waals surface area (Å²) in [5.74, 6) is -1.34. The van der Waals surface area contributed by atoms with Gasteiger partial charge >= 0.3 is 5.97 Å². The van der Waals surface area contributed by atoms with Crippen LogP contribution in [0.1, 0.15) is 17.3 Å². The van der Waals surface area contributed by atoms with E-state index in [1.54, 1.807) is 25.1 Å². The number of aromatic carboxylic acids is 1. The summed E-state index contributed by atoms with van der Waals surface area (Å²) in [5.41, 5.74) is 0.389. The average Bonchev–Trinajstić information content (AvgIpc) is 2.18. The van der Waals surface area contributed by atoms with Crippen molar-refractivity contribution in [2.45, 2.75) is 11.8 Å². The number of nitrogens with one attached hydrogen (secondary N) is 1. The molecule has 0 saturated carbocycles. The molecule has 0 radical (unpaired) electrons. The molecule has 0 aromatic heterocycles. The molecule has 2 N–H and O–H groups in total. The summed E-state index contributed by atoms with van der Waals surface area (Å²) in [6.45, 7) is 1.67. The van der Waals surface area contributed by atoms with E-state index in [1.165, 1.54) is 6.07 Å². The van der Waals surface area contributed by atoms with Gasteiger partial charge in [-0.1, -0.05) is 28.1 Å². The molecule has 0 aliphatic heterocycles. The Kier molecular flexibility index (Phi) is 3.85. The van der Waals surface area contributed by atoms with Gasteiger partial charge < -0.3 is 10.4 Å². The number of anilines is 1. The number of carboxylic acids is 1. The molecule has 0 bridgehead atoms. The molecule has 0 fully saturated rings. The van der Waals surface area contributed by atoms with Crippen molar-refractivity contribution in [2.24, 2.45) is 0 Å². The van der Waals surface area contributed by atoms with Gasteiger partial charge in [0.2, 0.25) is 5.91 Å². The molecule has 15 heavy (non-hydrogen) atoms. The smallest absolute Gasteiger partial charge is 0.337 e. The third-order valence-electron chi connectivity index (χ3n) is 1.78. The fourth-order valence-electron chi connectivity index (χ4n) is 1.01. The third kappa shape index (κ3) is 3.06. The van der Waals surface area contributed by atoms with E-state index in [-0.39, 0.29) is 16.3 Å². The van der Waals surface area contributed by atoms with Crippen LogP contribution in [0.25, 0.3) is 0 Å². The second-order valence-electron chi connectivity index (χ2n) is 2.96. The first-order valence-corrected chi connectivity index (χ1v) is 5.21. The highest BCUT2D eigenvalue weighted by molar-refractivity contribution is 9.10. The van der Waals surface area contributed by atoms with E-state index in [2.05, 4.69) is 21.2 Å². The average molecular weight is 272 g/mol. The van der Waals surface area contributed by atoms with Crippen molar-refractivity contribution < 1.29 is 14.7 Å². The highest BCUT2D eigenvalue weighted by Gasteiger charge is 2.13. The Morgan fingerprint density at radius 3 is 2.53 bits per heavy atom. The third-order valence-corrected chi connectivity index (χ3v) is 2.19. The maximum absolute atomic E-state index is 11.3. The van der Waals surface area contributed by atoms with Crippen LogP contribution in [0, 0.1) is 0 Å². The zero-order valence-corrected chi connectivity index (χ0v) is 9.61. The number of alkyl halides is 1. The predicted octanol–water partition coefficient (Wildman–Crippen LogP) is 2.11. The monoisotopic (exact) mass is 271 g/mol. The van der Waals surface area contributed by atoms with Crippen LogP contribution in [0.15, 0.2) is 24.3 Å². The lowest BCUT2D eigenvalue weighted by atomic mass is 10.2. The predicted molar refractivity (Wildman–Crippen MR) is 60.4 cm³/mol. The fourth-order valence-corrected chi connectivity index (χ4v) is 1.13. The van der Waals surface area contributed by atoms with Crippen molar-refractivity contribution in [2.75, 3.05) is 5.32 Å². The summed E-state index contributed by atoms with van der Waals surface area (Å²) in [7, 11) is 0. The van der Waals surface area contributed by atoms with Crippen LogP contribution < -0.4 is 5.32 Å². The minimum absolute atomic E-state index is 0.0824. The van der Waals surface area contributed by atoms with Crippen molar-refractivity contribution in [3.63, 3.8) is 0 Å². The number of hydrogen-bond acceptors (Lipinski definition) is 2. The van der Waals surface area contributed by atoms with Crippen LogP contribution in [-0.2, 0) is 4.79 Å². The number of rotatable bonds is 3. The van der Waals surface area contributed by atoms with E-state index in [9.17, 15) is 9.59 Å². The Hall–Kier alpha value is -1.36. The zero-order valence-electron chi connectivity index (χ0n) is 8.03. The van der Waals surface area contributed by atoms with Crippen molar-refractivity contribution in [3.8, 4) is 0 Å².